The molecule has 0 atom stereocenters. The lowest BCUT2D eigenvalue weighted by atomic mass is 10.2. The number of anilines is 2. The van der Waals surface area contributed by atoms with Crippen molar-refractivity contribution in [2.45, 2.75) is 13.8 Å². The smallest absolute Gasteiger partial charge is 0.348 e. The molecule has 0 spiro atoms. The summed E-state index contributed by atoms with van der Waals surface area (Å²) in [5.41, 5.74) is 2.97. The van der Waals surface area contributed by atoms with Gasteiger partial charge in [-0.25, -0.2) is 14.8 Å². The molecule has 0 fully saturated rings. The minimum absolute atomic E-state index is 0.346. The first-order valence-corrected chi connectivity index (χ1v) is 7.58. The van der Waals surface area contributed by atoms with Crippen LogP contribution in [0.1, 0.15) is 20.8 Å². The van der Waals surface area contributed by atoms with E-state index in [1.807, 2.05) is 38.1 Å². The molecule has 22 heavy (non-hydrogen) atoms. The topological polar surface area (TPSA) is 64.1 Å². The number of aromatic nitrogens is 2. The van der Waals surface area contributed by atoms with Crippen molar-refractivity contribution in [1.29, 1.82) is 0 Å². The summed E-state index contributed by atoms with van der Waals surface area (Å²) in [4.78, 5) is 21.7. The third-order valence-corrected chi connectivity index (χ3v) is 4.59. The molecule has 0 radical (unpaired) electrons. The van der Waals surface area contributed by atoms with E-state index in [2.05, 4.69) is 15.3 Å². The summed E-state index contributed by atoms with van der Waals surface area (Å²) in [6.07, 6.45) is 1.50. The highest BCUT2D eigenvalue weighted by Gasteiger charge is 2.19. The number of fused-ring (bicyclic) bond motifs is 1. The highest BCUT2D eigenvalue weighted by atomic mass is 32.1. The van der Waals surface area contributed by atoms with Crippen molar-refractivity contribution in [2.24, 2.45) is 0 Å². The van der Waals surface area contributed by atoms with Gasteiger partial charge in [0.15, 0.2) is 0 Å². The number of benzene rings is 1. The third kappa shape index (κ3) is 2.53. The monoisotopic (exact) mass is 313 g/mol. The van der Waals surface area contributed by atoms with E-state index in [-0.39, 0.29) is 5.97 Å². The number of rotatable bonds is 3. The molecule has 0 saturated carbocycles. The molecule has 2 heterocycles. The van der Waals surface area contributed by atoms with Crippen LogP contribution >= 0.6 is 11.3 Å². The van der Waals surface area contributed by atoms with Crippen LogP contribution in [0.2, 0.25) is 0 Å². The molecule has 3 rings (SSSR count). The van der Waals surface area contributed by atoms with Crippen LogP contribution < -0.4 is 5.32 Å². The molecule has 0 bridgehead atoms. The van der Waals surface area contributed by atoms with Crippen LogP contribution in [0.4, 0.5) is 11.5 Å². The molecule has 1 N–H and O–H groups in total. The van der Waals surface area contributed by atoms with Crippen molar-refractivity contribution in [3.8, 4) is 0 Å². The Morgan fingerprint density at radius 2 is 1.91 bits per heavy atom. The molecule has 0 unspecified atom stereocenters. The zero-order valence-electron chi connectivity index (χ0n) is 12.5. The third-order valence-electron chi connectivity index (χ3n) is 3.41. The summed E-state index contributed by atoms with van der Waals surface area (Å²) in [7, 11) is 1.38. The Morgan fingerprint density at radius 1 is 1.18 bits per heavy atom. The number of nitrogens with zero attached hydrogens (tertiary/aromatic N) is 2. The molecule has 0 saturated heterocycles. The molecule has 5 nitrogen and oxygen atoms in total. The molecule has 6 heteroatoms. The molecule has 2 aromatic heterocycles. The van der Waals surface area contributed by atoms with Gasteiger partial charge in [-0.3, -0.25) is 0 Å². The van der Waals surface area contributed by atoms with E-state index < -0.39 is 0 Å². The Hall–Kier alpha value is -2.47. The van der Waals surface area contributed by atoms with E-state index in [1.165, 1.54) is 30.3 Å². The van der Waals surface area contributed by atoms with Crippen molar-refractivity contribution >= 4 is 39.0 Å². The van der Waals surface area contributed by atoms with E-state index in [0.29, 0.717) is 10.7 Å². The van der Waals surface area contributed by atoms with Gasteiger partial charge in [-0.1, -0.05) is 17.7 Å². The van der Waals surface area contributed by atoms with Crippen LogP contribution in [-0.2, 0) is 4.74 Å². The maximum atomic E-state index is 11.8. The van der Waals surface area contributed by atoms with Gasteiger partial charge in [0.2, 0.25) is 0 Å². The zero-order valence-corrected chi connectivity index (χ0v) is 13.3. The number of ether oxygens (including phenoxy) is 1. The Balaban J connectivity index is 2.08. The number of nitrogens with one attached hydrogen (secondary N) is 1. The average molecular weight is 313 g/mol. The number of aryl methyl sites for hydroxylation is 2. The van der Waals surface area contributed by atoms with E-state index in [9.17, 15) is 4.79 Å². The van der Waals surface area contributed by atoms with Crippen LogP contribution in [0.5, 0.6) is 0 Å². The minimum Gasteiger partial charge on any atom is -0.465 e. The van der Waals surface area contributed by atoms with Gasteiger partial charge in [0.05, 0.1) is 12.5 Å². The largest absolute Gasteiger partial charge is 0.465 e. The van der Waals surface area contributed by atoms with Gasteiger partial charge in [0.25, 0.3) is 0 Å². The lowest BCUT2D eigenvalue weighted by Gasteiger charge is -2.07. The number of hydrogen-bond donors (Lipinski definition) is 1. The normalized spacial score (nSPS) is 10.7. The molecule has 0 aliphatic carbocycles. The summed E-state index contributed by atoms with van der Waals surface area (Å²) in [6.45, 7) is 3.92. The number of carbonyl (C=O) groups excluding carboxylic acids is 1. The molecule has 1 aromatic carbocycles. The van der Waals surface area contributed by atoms with Crippen molar-refractivity contribution in [1.82, 2.24) is 9.97 Å². The van der Waals surface area contributed by atoms with Crippen LogP contribution in [0, 0.1) is 13.8 Å². The van der Waals surface area contributed by atoms with Crippen molar-refractivity contribution in [3.63, 3.8) is 0 Å². The Morgan fingerprint density at radius 3 is 2.59 bits per heavy atom. The fourth-order valence-electron chi connectivity index (χ4n) is 2.23. The van der Waals surface area contributed by atoms with Crippen molar-refractivity contribution in [2.75, 3.05) is 12.4 Å². The highest BCUT2D eigenvalue weighted by molar-refractivity contribution is 7.20. The van der Waals surface area contributed by atoms with Crippen LogP contribution in [0.15, 0.2) is 30.6 Å². The molecule has 3 aromatic rings. The average Bonchev–Trinajstić information content (AvgIpc) is 2.87. The molecule has 0 amide bonds. The number of hydrogen-bond acceptors (Lipinski definition) is 6. The molecule has 112 valence electrons. The summed E-state index contributed by atoms with van der Waals surface area (Å²) >= 11 is 1.32. The Labute approximate surface area is 132 Å². The lowest BCUT2D eigenvalue weighted by Crippen LogP contribution is -2.00. The van der Waals surface area contributed by atoms with Crippen LogP contribution in [0.25, 0.3) is 10.2 Å². The second kappa shape index (κ2) is 5.73. The highest BCUT2D eigenvalue weighted by Crippen LogP contribution is 2.34. The van der Waals surface area contributed by atoms with Crippen molar-refractivity contribution in [3.05, 3.63) is 46.6 Å². The number of esters is 1. The van der Waals surface area contributed by atoms with Gasteiger partial charge in [0, 0.05) is 5.69 Å². The fourth-order valence-corrected chi connectivity index (χ4v) is 3.29. The van der Waals surface area contributed by atoms with Gasteiger partial charge in [0.1, 0.15) is 21.9 Å². The SMILES string of the molecule is COC(=O)c1sc2ncnc(Nc3ccc(C)cc3)c2c1C. The number of carbonyl (C=O) groups is 1. The second-order valence-electron chi connectivity index (χ2n) is 4.94. The molecular weight excluding hydrogens is 298 g/mol. The van der Waals surface area contributed by atoms with Gasteiger partial charge in [-0.05, 0) is 31.5 Å². The summed E-state index contributed by atoms with van der Waals surface area (Å²) in [5.74, 6) is 0.347. The van der Waals surface area contributed by atoms with Gasteiger partial charge in [-0.15, -0.1) is 11.3 Å². The Bertz CT molecular complexity index is 840. The molecule has 0 aliphatic heterocycles. The standard InChI is InChI=1S/C16H15N3O2S/c1-9-4-6-11(7-5-9)19-14-12-10(2)13(16(20)21-3)22-15(12)18-8-17-14/h4-8H,1-3H3,(H,17,18,19). The first-order chi connectivity index (χ1) is 10.6. The summed E-state index contributed by atoms with van der Waals surface area (Å²) in [6, 6.07) is 8.04. The van der Waals surface area contributed by atoms with Crippen LogP contribution in [-0.4, -0.2) is 23.0 Å². The second-order valence-corrected chi connectivity index (χ2v) is 5.94. The predicted molar refractivity (Wildman–Crippen MR) is 88.0 cm³/mol. The Kier molecular flexibility index (Phi) is 3.77. The van der Waals surface area contributed by atoms with Crippen molar-refractivity contribution < 1.29 is 9.53 Å². The number of methoxy groups -OCH3 is 1. The van der Waals surface area contributed by atoms with Gasteiger partial charge >= 0.3 is 5.97 Å². The minimum atomic E-state index is -0.346. The van der Waals surface area contributed by atoms with Gasteiger partial charge < -0.3 is 10.1 Å². The van der Waals surface area contributed by atoms with E-state index in [1.54, 1.807) is 0 Å². The lowest BCUT2D eigenvalue weighted by molar-refractivity contribution is 0.0605. The first-order valence-electron chi connectivity index (χ1n) is 6.76. The van der Waals surface area contributed by atoms with Crippen LogP contribution in [0.3, 0.4) is 0 Å². The predicted octanol–water partition coefficient (Wildman–Crippen LogP) is 3.84. The first kappa shape index (κ1) is 14.5. The number of thiophene rings is 1. The fraction of sp³-hybridized carbons (Fsp3) is 0.188. The van der Waals surface area contributed by atoms with E-state index in [0.717, 1.165) is 21.5 Å². The quantitative estimate of drug-likeness (QED) is 0.744. The maximum Gasteiger partial charge on any atom is 0.348 e. The van der Waals surface area contributed by atoms with E-state index >= 15 is 0 Å². The zero-order chi connectivity index (χ0) is 15.7. The summed E-state index contributed by atoms with van der Waals surface area (Å²) < 4.78 is 4.82. The summed E-state index contributed by atoms with van der Waals surface area (Å²) in [5, 5.41) is 4.14. The molecule has 0 aliphatic rings. The molecular formula is C16H15N3O2S. The van der Waals surface area contributed by atoms with Gasteiger partial charge in [-0.2, -0.15) is 0 Å². The maximum absolute atomic E-state index is 11.8. The van der Waals surface area contributed by atoms with E-state index in [4.69, 9.17) is 4.74 Å².